The van der Waals surface area contributed by atoms with Gasteiger partial charge in [0.25, 0.3) is 0 Å². The molecule has 1 aromatic heterocycles. The lowest BCUT2D eigenvalue weighted by molar-refractivity contribution is -0.137. The molecule has 1 unspecified atom stereocenters. The van der Waals surface area contributed by atoms with Crippen molar-refractivity contribution in [2.75, 3.05) is 30.1 Å². The molecular weight excluding hydrogens is 286 g/mol. The van der Waals surface area contributed by atoms with Crippen molar-refractivity contribution in [1.82, 2.24) is 9.97 Å². The maximum absolute atomic E-state index is 11.7. The summed E-state index contributed by atoms with van der Waals surface area (Å²) >= 11 is 0. The molecule has 1 aromatic rings. The minimum absolute atomic E-state index is 0.0380. The third kappa shape index (κ3) is 3.35. The molecular formula is C11H15N3O5S. The molecule has 20 heavy (non-hydrogen) atoms. The second kappa shape index (κ2) is 5.61. The lowest BCUT2D eigenvalue weighted by Gasteiger charge is -2.34. The van der Waals surface area contributed by atoms with Gasteiger partial charge in [0, 0.05) is 18.8 Å². The maximum atomic E-state index is 11.7. The molecule has 1 fully saturated rings. The number of rotatable bonds is 4. The fourth-order valence-corrected chi connectivity index (χ4v) is 3.63. The molecule has 1 N–H and O–H groups in total. The van der Waals surface area contributed by atoms with Crippen LogP contribution in [0.4, 0.5) is 5.95 Å². The summed E-state index contributed by atoms with van der Waals surface area (Å²) in [5.41, 5.74) is 0. The summed E-state index contributed by atoms with van der Waals surface area (Å²) in [5, 5.41) is 8.91. The Balaban J connectivity index is 2.29. The van der Waals surface area contributed by atoms with Crippen molar-refractivity contribution < 1.29 is 23.1 Å². The van der Waals surface area contributed by atoms with E-state index in [2.05, 4.69) is 9.97 Å². The third-order valence-corrected chi connectivity index (χ3v) is 4.72. The summed E-state index contributed by atoms with van der Waals surface area (Å²) in [5.74, 6) is -0.674. The van der Waals surface area contributed by atoms with Crippen LogP contribution in [0.3, 0.4) is 0 Å². The summed E-state index contributed by atoms with van der Waals surface area (Å²) in [6.45, 7) is 0.174. The first kappa shape index (κ1) is 14.5. The topological polar surface area (TPSA) is 110 Å². The van der Waals surface area contributed by atoms with E-state index in [0.29, 0.717) is 5.88 Å². The average Bonchev–Trinajstić information content (AvgIpc) is 2.37. The number of hydrogen-bond acceptors (Lipinski definition) is 7. The fourth-order valence-electron chi connectivity index (χ4n) is 2.10. The van der Waals surface area contributed by atoms with Crippen molar-refractivity contribution in [3.05, 3.63) is 12.3 Å². The maximum Gasteiger partial charge on any atom is 0.305 e. The predicted molar refractivity (Wildman–Crippen MR) is 70.6 cm³/mol. The summed E-state index contributed by atoms with van der Waals surface area (Å²) in [6, 6.07) is 0.898. The molecule has 1 saturated heterocycles. The molecule has 1 aliphatic rings. The van der Waals surface area contributed by atoms with Crippen LogP contribution in [0.1, 0.15) is 6.42 Å². The van der Waals surface area contributed by atoms with Crippen molar-refractivity contribution in [2.45, 2.75) is 12.5 Å². The first-order chi connectivity index (χ1) is 9.41. The molecule has 1 atom stereocenters. The molecule has 110 valence electrons. The summed E-state index contributed by atoms with van der Waals surface area (Å²) < 4.78 is 28.3. The van der Waals surface area contributed by atoms with Gasteiger partial charge in [-0.1, -0.05) is 0 Å². The van der Waals surface area contributed by atoms with Gasteiger partial charge in [0.1, 0.15) is 0 Å². The molecule has 2 heterocycles. The number of sulfone groups is 1. The lowest BCUT2D eigenvalue weighted by atomic mass is 10.2. The molecule has 1 aliphatic heterocycles. The zero-order valence-corrected chi connectivity index (χ0v) is 11.7. The van der Waals surface area contributed by atoms with Crippen LogP contribution in [0.5, 0.6) is 5.88 Å². The standard InChI is InChI=1S/C11H15N3O5S/c1-19-9-2-3-12-11(13-9)14-4-5-20(17,18)7-8(14)6-10(15)16/h2-3,8H,4-7H2,1H3,(H,15,16). The van der Waals surface area contributed by atoms with Crippen molar-refractivity contribution in [3.8, 4) is 5.88 Å². The number of anilines is 1. The lowest BCUT2D eigenvalue weighted by Crippen LogP contribution is -2.50. The highest BCUT2D eigenvalue weighted by molar-refractivity contribution is 7.91. The number of carboxylic acids is 1. The Morgan fingerprint density at radius 1 is 1.60 bits per heavy atom. The molecule has 0 spiro atoms. The predicted octanol–water partition coefficient (Wildman–Crippen LogP) is -0.437. The van der Waals surface area contributed by atoms with Gasteiger partial charge in [-0.15, -0.1) is 0 Å². The molecule has 0 aliphatic carbocycles. The first-order valence-electron chi connectivity index (χ1n) is 5.97. The van der Waals surface area contributed by atoms with E-state index in [1.165, 1.54) is 13.3 Å². The van der Waals surface area contributed by atoms with Gasteiger partial charge in [-0.2, -0.15) is 4.98 Å². The van der Waals surface area contributed by atoms with Crippen LogP contribution in [0, 0.1) is 0 Å². The van der Waals surface area contributed by atoms with Gasteiger partial charge in [0.15, 0.2) is 9.84 Å². The van der Waals surface area contributed by atoms with E-state index >= 15 is 0 Å². The number of methoxy groups -OCH3 is 1. The molecule has 0 radical (unpaired) electrons. The SMILES string of the molecule is COc1ccnc(N2CCS(=O)(=O)CC2CC(=O)O)n1. The highest BCUT2D eigenvalue weighted by Gasteiger charge is 2.34. The second-order valence-electron chi connectivity index (χ2n) is 4.46. The Bertz CT molecular complexity index is 604. The molecule has 0 bridgehead atoms. The highest BCUT2D eigenvalue weighted by Crippen LogP contribution is 2.21. The van der Waals surface area contributed by atoms with Crippen LogP contribution in [0.15, 0.2) is 12.3 Å². The Labute approximate surface area is 116 Å². The van der Waals surface area contributed by atoms with E-state index in [1.54, 1.807) is 11.0 Å². The van der Waals surface area contributed by atoms with Gasteiger partial charge in [-0.25, -0.2) is 13.4 Å². The van der Waals surface area contributed by atoms with Crippen molar-refractivity contribution in [3.63, 3.8) is 0 Å². The highest BCUT2D eigenvalue weighted by atomic mass is 32.2. The van der Waals surface area contributed by atoms with E-state index in [4.69, 9.17) is 9.84 Å². The Morgan fingerprint density at radius 3 is 3.00 bits per heavy atom. The van der Waals surface area contributed by atoms with Crippen LogP contribution in [-0.4, -0.2) is 60.7 Å². The van der Waals surface area contributed by atoms with E-state index in [0.717, 1.165) is 0 Å². The van der Waals surface area contributed by atoms with Crippen LogP contribution in [0.25, 0.3) is 0 Å². The quantitative estimate of drug-likeness (QED) is 0.797. The zero-order chi connectivity index (χ0) is 14.8. The van der Waals surface area contributed by atoms with Crippen LogP contribution in [0.2, 0.25) is 0 Å². The van der Waals surface area contributed by atoms with Crippen LogP contribution < -0.4 is 9.64 Å². The largest absolute Gasteiger partial charge is 0.481 e. The third-order valence-electron chi connectivity index (χ3n) is 3.02. The summed E-state index contributed by atoms with van der Waals surface area (Å²) in [7, 11) is -1.77. The smallest absolute Gasteiger partial charge is 0.305 e. The summed E-state index contributed by atoms with van der Waals surface area (Å²) in [6.07, 6.45) is 1.21. The first-order valence-corrected chi connectivity index (χ1v) is 7.79. The van der Waals surface area contributed by atoms with Gasteiger partial charge in [-0.3, -0.25) is 4.79 Å². The van der Waals surface area contributed by atoms with Gasteiger partial charge in [0.2, 0.25) is 11.8 Å². The van der Waals surface area contributed by atoms with E-state index < -0.39 is 21.8 Å². The van der Waals surface area contributed by atoms with Crippen molar-refractivity contribution in [2.24, 2.45) is 0 Å². The summed E-state index contributed by atoms with van der Waals surface area (Å²) in [4.78, 5) is 20.7. The van der Waals surface area contributed by atoms with Crippen LogP contribution >= 0.6 is 0 Å². The second-order valence-corrected chi connectivity index (χ2v) is 6.69. The van der Waals surface area contributed by atoms with Crippen LogP contribution in [-0.2, 0) is 14.6 Å². The molecule has 8 nitrogen and oxygen atoms in total. The monoisotopic (exact) mass is 301 g/mol. The number of carbonyl (C=O) groups is 1. The normalized spacial score (nSPS) is 21.4. The van der Waals surface area contributed by atoms with Gasteiger partial charge >= 0.3 is 5.97 Å². The Hall–Kier alpha value is -1.90. The number of aliphatic carboxylic acids is 1. The number of hydrogen-bond donors (Lipinski definition) is 1. The number of aromatic nitrogens is 2. The molecule has 0 saturated carbocycles. The van der Waals surface area contributed by atoms with Crippen molar-refractivity contribution >= 4 is 21.8 Å². The average molecular weight is 301 g/mol. The zero-order valence-electron chi connectivity index (χ0n) is 10.9. The molecule has 0 amide bonds. The molecule has 0 aromatic carbocycles. The minimum atomic E-state index is -3.23. The van der Waals surface area contributed by atoms with E-state index in [9.17, 15) is 13.2 Å². The molecule has 9 heteroatoms. The fraction of sp³-hybridized carbons (Fsp3) is 0.545. The van der Waals surface area contributed by atoms with Gasteiger partial charge < -0.3 is 14.7 Å². The Kier molecular flexibility index (Phi) is 4.07. The number of nitrogens with zero attached hydrogens (tertiary/aromatic N) is 3. The number of carboxylic acid groups (broad SMARTS) is 1. The van der Waals surface area contributed by atoms with Gasteiger partial charge in [0.05, 0.1) is 31.1 Å². The van der Waals surface area contributed by atoms with E-state index in [1.807, 2.05) is 0 Å². The number of ether oxygens (including phenoxy) is 1. The van der Waals surface area contributed by atoms with E-state index in [-0.39, 0.29) is 30.4 Å². The van der Waals surface area contributed by atoms with Gasteiger partial charge in [-0.05, 0) is 0 Å². The Morgan fingerprint density at radius 2 is 2.35 bits per heavy atom. The minimum Gasteiger partial charge on any atom is -0.481 e. The van der Waals surface area contributed by atoms with Crippen molar-refractivity contribution in [1.29, 1.82) is 0 Å². The molecule has 2 rings (SSSR count).